The Kier molecular flexibility index (Phi) is 54.9. The topological polar surface area (TPSA) is 105 Å². The smallest absolute Gasteiger partial charge is 0.391 e. The Labute approximate surface area is 450 Å². The van der Waals surface area contributed by atoms with Crippen molar-refractivity contribution in [3.63, 3.8) is 0 Å². The van der Waals surface area contributed by atoms with E-state index >= 15 is 0 Å². The molecule has 0 saturated carbocycles. The number of nitrogens with one attached hydrogen (secondary N) is 1. The SMILES string of the molecule is CCCCCCCCCCCCCCCCCCCCCCCCCCCCCCCCCCCCCC(=O)NC(COP(=O)(O)OCC[N+](C)(C)C)C(O)CCCCCCCCCCCCCCCCC. The number of unbranched alkanes of at least 4 members (excludes halogenated alkanes) is 48. The van der Waals surface area contributed by atoms with Crippen LogP contribution in [-0.4, -0.2) is 73.4 Å². The summed E-state index contributed by atoms with van der Waals surface area (Å²) in [6.07, 6.45) is 67.7. The normalized spacial score (nSPS) is 13.7. The third-order valence-electron chi connectivity index (χ3n) is 15.4. The van der Waals surface area contributed by atoms with Gasteiger partial charge in [-0.2, -0.15) is 0 Å². The number of aliphatic hydroxyl groups excluding tert-OH is 1. The summed E-state index contributed by atoms with van der Waals surface area (Å²) in [5, 5.41) is 14.1. The lowest BCUT2D eigenvalue weighted by molar-refractivity contribution is -0.870. The maximum absolute atomic E-state index is 13.0. The second-order valence-electron chi connectivity index (χ2n) is 23.9. The number of aliphatic hydroxyl groups is 1. The van der Waals surface area contributed by atoms with Crippen LogP contribution < -0.4 is 5.32 Å². The van der Waals surface area contributed by atoms with Crippen LogP contribution >= 0.6 is 7.82 Å². The third kappa shape index (κ3) is 57.2. The minimum Gasteiger partial charge on any atom is -0.391 e. The number of phosphoric acid groups is 1. The molecule has 0 aliphatic heterocycles. The number of carbonyl (C=O) groups excluding carboxylic acids is 1. The fourth-order valence-electron chi connectivity index (χ4n) is 10.3. The summed E-state index contributed by atoms with van der Waals surface area (Å²) in [6, 6.07) is -0.755. The molecule has 0 aliphatic carbocycles. The summed E-state index contributed by atoms with van der Waals surface area (Å²) in [6.45, 7) is 4.95. The minimum atomic E-state index is -4.32. The molecule has 0 heterocycles. The molecule has 8 nitrogen and oxygen atoms in total. The first-order valence-corrected chi connectivity index (χ1v) is 33.9. The molecule has 0 aromatic rings. The average molecular weight is 1040 g/mol. The Morgan fingerprint density at radius 3 is 0.931 bits per heavy atom. The zero-order valence-electron chi connectivity index (χ0n) is 49.5. The molecule has 3 N–H and O–H groups in total. The van der Waals surface area contributed by atoms with Crippen LogP contribution in [0.2, 0.25) is 0 Å². The predicted octanol–water partition coefficient (Wildman–Crippen LogP) is 20.0. The molecule has 0 radical (unpaired) electrons. The van der Waals surface area contributed by atoms with E-state index in [0.29, 0.717) is 23.9 Å². The largest absolute Gasteiger partial charge is 0.472 e. The summed E-state index contributed by atoms with van der Waals surface area (Å²) >= 11 is 0. The molecule has 0 spiro atoms. The van der Waals surface area contributed by atoms with Crippen molar-refractivity contribution >= 4 is 13.7 Å². The second kappa shape index (κ2) is 55.3. The van der Waals surface area contributed by atoms with Crippen molar-refractivity contribution in [2.75, 3.05) is 40.9 Å². The van der Waals surface area contributed by atoms with Gasteiger partial charge < -0.3 is 19.8 Å². The number of quaternary nitrogens is 1. The summed E-state index contributed by atoms with van der Waals surface area (Å²) in [5.41, 5.74) is 0. The predicted molar refractivity (Wildman–Crippen MR) is 314 cm³/mol. The molecular formula is C63H130N2O6P+. The molecule has 0 rings (SSSR count). The lowest BCUT2D eigenvalue weighted by atomic mass is 10.0. The molecule has 3 atom stereocenters. The number of nitrogens with zero attached hydrogens (tertiary/aromatic N) is 1. The molecule has 0 saturated heterocycles. The van der Waals surface area contributed by atoms with E-state index in [4.69, 9.17) is 9.05 Å². The molecule has 3 unspecified atom stereocenters. The third-order valence-corrected chi connectivity index (χ3v) is 16.3. The van der Waals surface area contributed by atoms with Gasteiger partial charge in [0.15, 0.2) is 0 Å². The molecule has 432 valence electrons. The summed E-state index contributed by atoms with van der Waals surface area (Å²) < 4.78 is 23.8. The van der Waals surface area contributed by atoms with Gasteiger partial charge in [0, 0.05) is 6.42 Å². The first kappa shape index (κ1) is 71.5. The van der Waals surface area contributed by atoms with E-state index in [1.807, 2.05) is 21.1 Å². The van der Waals surface area contributed by atoms with Crippen molar-refractivity contribution in [1.82, 2.24) is 5.32 Å². The fourth-order valence-corrected chi connectivity index (χ4v) is 11.0. The molecule has 72 heavy (non-hydrogen) atoms. The molecule has 0 aromatic carbocycles. The minimum absolute atomic E-state index is 0.0791. The molecule has 0 fully saturated rings. The molecule has 1 amide bonds. The first-order valence-electron chi connectivity index (χ1n) is 32.4. The van der Waals surface area contributed by atoms with Gasteiger partial charge in [0.2, 0.25) is 5.91 Å². The highest BCUT2D eigenvalue weighted by molar-refractivity contribution is 7.47. The molecule has 0 aliphatic rings. The van der Waals surface area contributed by atoms with Gasteiger partial charge in [-0.25, -0.2) is 4.57 Å². The Bertz CT molecular complexity index is 1140. The van der Waals surface area contributed by atoms with E-state index in [1.165, 1.54) is 283 Å². The molecule has 0 bridgehead atoms. The van der Waals surface area contributed by atoms with Gasteiger partial charge in [-0.05, 0) is 12.8 Å². The van der Waals surface area contributed by atoms with Crippen molar-refractivity contribution in [2.24, 2.45) is 0 Å². The van der Waals surface area contributed by atoms with Gasteiger partial charge in [0.1, 0.15) is 13.2 Å². The van der Waals surface area contributed by atoms with Crippen molar-refractivity contribution in [3.05, 3.63) is 0 Å². The Morgan fingerprint density at radius 2 is 0.667 bits per heavy atom. The highest BCUT2D eigenvalue weighted by atomic mass is 31.2. The lowest BCUT2D eigenvalue weighted by Crippen LogP contribution is -2.46. The van der Waals surface area contributed by atoms with Crippen LogP contribution in [0.25, 0.3) is 0 Å². The number of hydrogen-bond acceptors (Lipinski definition) is 5. The Morgan fingerprint density at radius 1 is 0.417 bits per heavy atom. The van der Waals surface area contributed by atoms with Gasteiger partial charge in [-0.3, -0.25) is 13.8 Å². The van der Waals surface area contributed by atoms with Gasteiger partial charge >= 0.3 is 7.82 Å². The van der Waals surface area contributed by atoms with Crippen LogP contribution in [0.15, 0.2) is 0 Å². The quantitative estimate of drug-likeness (QED) is 0.0318. The standard InChI is InChI=1S/C63H129N2O6P/c1-6-8-10-12-14-16-18-20-22-23-24-25-26-27-28-29-30-31-32-33-34-35-36-37-38-39-40-41-43-45-47-49-51-53-55-57-63(67)64-61(60-71-72(68,69)70-59-58-65(3,4)5)62(66)56-54-52-50-48-46-44-42-21-19-17-15-13-11-9-7-2/h61-62,66H,6-60H2,1-5H3,(H-,64,67,68,69)/p+1. The van der Waals surface area contributed by atoms with E-state index in [-0.39, 0.29) is 19.1 Å². The number of hydrogen-bond donors (Lipinski definition) is 3. The van der Waals surface area contributed by atoms with Gasteiger partial charge in [-0.15, -0.1) is 0 Å². The summed E-state index contributed by atoms with van der Waals surface area (Å²) in [4.78, 5) is 23.4. The van der Waals surface area contributed by atoms with Crippen LogP contribution in [0.4, 0.5) is 0 Å². The number of carbonyl (C=O) groups is 1. The van der Waals surface area contributed by atoms with Crippen LogP contribution in [0.1, 0.15) is 348 Å². The van der Waals surface area contributed by atoms with E-state index < -0.39 is 20.0 Å². The number of amides is 1. The Hall–Kier alpha value is -0.500. The van der Waals surface area contributed by atoms with Gasteiger partial charge in [-0.1, -0.05) is 328 Å². The van der Waals surface area contributed by atoms with E-state index in [2.05, 4.69) is 19.2 Å². The number of likely N-dealkylation sites (N-methyl/N-ethyl adjacent to an activating group) is 1. The highest BCUT2D eigenvalue weighted by Gasteiger charge is 2.28. The maximum Gasteiger partial charge on any atom is 0.472 e. The maximum atomic E-state index is 13.0. The number of phosphoric ester groups is 1. The van der Waals surface area contributed by atoms with Crippen LogP contribution in [0.5, 0.6) is 0 Å². The van der Waals surface area contributed by atoms with Crippen molar-refractivity contribution in [3.8, 4) is 0 Å². The zero-order chi connectivity index (χ0) is 52.7. The zero-order valence-corrected chi connectivity index (χ0v) is 50.4. The van der Waals surface area contributed by atoms with Crippen molar-refractivity contribution in [1.29, 1.82) is 0 Å². The monoisotopic (exact) mass is 1040 g/mol. The van der Waals surface area contributed by atoms with Crippen LogP contribution in [0, 0.1) is 0 Å². The van der Waals surface area contributed by atoms with E-state index in [0.717, 1.165) is 38.5 Å². The summed E-state index contributed by atoms with van der Waals surface area (Å²) in [7, 11) is 1.64. The Balaban J connectivity index is 3.89. The number of rotatable bonds is 61. The highest BCUT2D eigenvalue weighted by Crippen LogP contribution is 2.43. The second-order valence-corrected chi connectivity index (χ2v) is 25.3. The fraction of sp³-hybridized carbons (Fsp3) is 0.984. The van der Waals surface area contributed by atoms with Gasteiger partial charge in [0.25, 0.3) is 0 Å². The molecule has 0 aromatic heterocycles. The van der Waals surface area contributed by atoms with Crippen molar-refractivity contribution < 1.29 is 32.9 Å². The van der Waals surface area contributed by atoms with E-state index in [1.54, 1.807) is 0 Å². The van der Waals surface area contributed by atoms with Crippen LogP contribution in [-0.2, 0) is 18.4 Å². The van der Waals surface area contributed by atoms with Gasteiger partial charge in [0.05, 0.1) is 39.9 Å². The van der Waals surface area contributed by atoms with Crippen molar-refractivity contribution in [2.45, 2.75) is 360 Å². The molecule has 9 heteroatoms. The van der Waals surface area contributed by atoms with Crippen LogP contribution in [0.3, 0.4) is 0 Å². The average Bonchev–Trinajstić information content (AvgIpc) is 3.34. The molecular weight excluding hydrogens is 912 g/mol. The first-order chi connectivity index (χ1) is 35.0. The summed E-state index contributed by atoms with van der Waals surface area (Å²) in [5.74, 6) is -0.135. The van der Waals surface area contributed by atoms with E-state index in [9.17, 15) is 19.4 Å². The lowest BCUT2D eigenvalue weighted by Gasteiger charge is -2.26.